The zero-order valence-corrected chi connectivity index (χ0v) is 95.7. The quantitative estimate of drug-likeness (QED) is 0.0200. The Bertz CT molecular complexity index is 5980. The molecule has 848 valence electrons. The zero-order chi connectivity index (χ0) is 112. The van der Waals surface area contributed by atoms with E-state index < -0.39 is 171 Å². The molecule has 0 aliphatic carbocycles. The molecular formula is C95H160N10O36S7. The third kappa shape index (κ3) is 34.4. The van der Waals surface area contributed by atoms with Crippen molar-refractivity contribution in [2.75, 3.05) is 186 Å². The van der Waals surface area contributed by atoms with E-state index >= 15 is 0 Å². The number of ether oxygens (including phenoxy) is 8. The first kappa shape index (κ1) is 130. The lowest BCUT2D eigenvalue weighted by Gasteiger charge is -2.34. The van der Waals surface area contributed by atoms with E-state index in [9.17, 15) is 88.0 Å². The number of aliphatic hydroxyl groups excluding tert-OH is 4. The van der Waals surface area contributed by atoms with Crippen molar-refractivity contribution in [2.24, 2.45) is 11.8 Å². The first-order valence-electron chi connectivity index (χ1n) is 49.1. The van der Waals surface area contributed by atoms with Crippen molar-refractivity contribution >= 4 is 116 Å². The smallest absolute Gasteiger partial charge is 0.247 e. The van der Waals surface area contributed by atoms with Crippen molar-refractivity contribution in [3.05, 3.63) is 70.3 Å². The average Bonchev–Trinajstić information content (AvgIpc) is 0.901. The molecule has 5 aliphatic heterocycles. The van der Waals surface area contributed by atoms with E-state index in [0.29, 0.717) is 145 Å². The van der Waals surface area contributed by atoms with E-state index in [1.165, 1.54) is 90.0 Å². The minimum absolute atomic E-state index is 0.00573. The topological polar surface area (TPSA) is 652 Å². The van der Waals surface area contributed by atoms with Crippen LogP contribution >= 0.6 is 0 Å². The van der Waals surface area contributed by atoms with Gasteiger partial charge < -0.3 is 80.9 Å². The van der Waals surface area contributed by atoms with E-state index in [-0.39, 0.29) is 152 Å². The van der Waals surface area contributed by atoms with Gasteiger partial charge in [-0.05, 0) is 166 Å². The van der Waals surface area contributed by atoms with Crippen LogP contribution in [0.15, 0.2) is 52.9 Å². The maximum atomic E-state index is 13.2. The number of amides is 3. The number of carbonyl (C=O) groups is 5. The molecule has 3 amide bonds. The monoisotopic (exact) mass is 2240 g/mol. The number of hydrogen-bond donors (Lipinski definition) is 7. The van der Waals surface area contributed by atoms with Gasteiger partial charge in [0.15, 0.2) is 60.8 Å². The van der Waals surface area contributed by atoms with Gasteiger partial charge in [-0.3, -0.25) is 39.9 Å². The Morgan fingerprint density at radius 3 is 1.06 bits per heavy atom. The predicted molar refractivity (Wildman–Crippen MR) is 549 cm³/mol. The van der Waals surface area contributed by atoms with Crippen LogP contribution in [0.5, 0.6) is 0 Å². The highest BCUT2D eigenvalue weighted by Crippen LogP contribution is 2.39. The molecule has 0 bridgehead atoms. The Hall–Kier alpha value is -7.11. The second-order valence-electron chi connectivity index (χ2n) is 43.3. The first-order chi connectivity index (χ1) is 68.1. The summed E-state index contributed by atoms with van der Waals surface area (Å²) in [5.74, 6) is -2.12. The Labute approximate surface area is 871 Å². The number of ketones is 2. The predicted octanol–water partition coefficient (Wildman–Crippen LogP) is 6.67. The average molecular weight is 2240 g/mol. The van der Waals surface area contributed by atoms with Crippen LogP contribution in [0.3, 0.4) is 0 Å². The molecule has 5 aromatic rings. The fourth-order valence-corrected chi connectivity index (χ4v) is 26.9. The summed E-state index contributed by atoms with van der Waals surface area (Å²) in [6.07, 6.45) is 5.32. The van der Waals surface area contributed by atoms with Crippen molar-refractivity contribution in [1.82, 2.24) is 34.4 Å². The van der Waals surface area contributed by atoms with Gasteiger partial charge in [0.1, 0.15) is 46.6 Å². The molecule has 5 saturated heterocycles. The maximum absolute atomic E-state index is 13.2. The van der Waals surface area contributed by atoms with E-state index in [1.807, 2.05) is 55.4 Å². The molecule has 1 atom stereocenters. The van der Waals surface area contributed by atoms with Gasteiger partial charge in [0.05, 0.1) is 160 Å². The molecular weight excluding hydrogens is 2080 g/mol. The summed E-state index contributed by atoms with van der Waals surface area (Å²) in [5.41, 5.74) is -0.576. The third-order valence-corrected chi connectivity index (χ3v) is 44.6. The number of aromatic nitrogens is 5. The number of carbonyl (C=O) groups excluding carboxylic acids is 5. The van der Waals surface area contributed by atoms with Crippen molar-refractivity contribution < 1.29 is 164 Å². The molecule has 0 unspecified atom stereocenters. The number of sulfonamides is 2. The van der Waals surface area contributed by atoms with Crippen LogP contribution in [0.4, 0.5) is 17.7 Å². The zero-order valence-electron chi connectivity index (χ0n) is 89.9. The van der Waals surface area contributed by atoms with Gasteiger partial charge >= 0.3 is 0 Å². The second-order valence-corrected chi connectivity index (χ2v) is 60.7. The maximum Gasteiger partial charge on any atom is 0.247 e. The van der Waals surface area contributed by atoms with Crippen LogP contribution in [0.1, 0.15) is 250 Å². The van der Waals surface area contributed by atoms with Crippen molar-refractivity contribution in [1.29, 1.82) is 0 Å². The summed E-state index contributed by atoms with van der Waals surface area (Å²) < 4.78 is 240. The molecule has 10 heterocycles. The number of Topliss-reactive ketones (excluding diaryl/α,β-unsaturated/α-hetero) is 2. The Morgan fingerprint density at radius 2 is 0.716 bits per heavy atom. The Morgan fingerprint density at radius 1 is 0.399 bits per heavy atom. The van der Waals surface area contributed by atoms with Crippen molar-refractivity contribution in [3.63, 3.8) is 0 Å². The summed E-state index contributed by atoms with van der Waals surface area (Å²) >= 11 is 0. The molecule has 53 heteroatoms. The number of aliphatic hydroxyl groups is 4. The van der Waals surface area contributed by atoms with E-state index in [4.69, 9.17) is 75.8 Å². The lowest BCUT2D eigenvalue weighted by atomic mass is 9.84. The molecule has 0 aromatic carbocycles. The summed E-state index contributed by atoms with van der Waals surface area (Å²) in [6, 6.07) is 7.82. The molecule has 5 aliphatic rings. The van der Waals surface area contributed by atoms with E-state index in [2.05, 4.69) is 41.7 Å². The molecule has 46 nitrogen and oxygen atoms in total. The lowest BCUT2D eigenvalue weighted by Crippen LogP contribution is -2.52. The van der Waals surface area contributed by atoms with Crippen LogP contribution in [-0.4, -0.2) is 358 Å². The Kier molecular flexibility index (Phi) is 46.7. The summed E-state index contributed by atoms with van der Waals surface area (Å²) in [6.45, 7) is 39.5. The fourth-order valence-electron chi connectivity index (χ4n) is 15.7. The van der Waals surface area contributed by atoms with Gasteiger partial charge in [-0.2, -0.15) is 0 Å². The molecule has 10 rings (SSSR count). The van der Waals surface area contributed by atoms with Gasteiger partial charge in [-0.15, -0.1) is 0 Å². The molecule has 148 heavy (non-hydrogen) atoms. The van der Waals surface area contributed by atoms with Gasteiger partial charge in [0, 0.05) is 120 Å². The van der Waals surface area contributed by atoms with Crippen LogP contribution in [-0.2, 0) is 171 Å². The molecule has 0 spiro atoms. The van der Waals surface area contributed by atoms with Crippen LogP contribution < -0.4 is 16.0 Å². The lowest BCUT2D eigenvalue weighted by molar-refractivity contribution is -0.121. The summed E-state index contributed by atoms with van der Waals surface area (Å²) in [7, 11) is -24.0. The van der Waals surface area contributed by atoms with Crippen molar-refractivity contribution in [2.45, 2.75) is 295 Å². The van der Waals surface area contributed by atoms with Crippen LogP contribution in [0, 0.1) is 11.8 Å². The van der Waals surface area contributed by atoms with Gasteiger partial charge in [-0.1, -0.05) is 81.2 Å². The number of anilines is 3. The largest absolute Gasteiger partial charge is 0.394 e. The SMILES string of the molecule is CC(C)(COCCO)c1cc(CC(=O)C(C)(C)S(=O)(=O)CC2CCOCC2)on1.CC(C)(COCCO)c1cc(NC(=O)C(C)(C)S(=O)(=O)C2CCN(S(C)(=O)=O)CC2)on1.CC(C)(OCCO)c1cc(NC(=O)C(C)(C)S(=O)(=O)C2CCOCC2)on1.COCCOCC(C)(C)c1cc(NC(=O)C(C)(C)S(=O)(=O)C2CCN(S(C)(=O)=O)CC2)on1.C[C@H](O)C(C)(C)c1cc(CC(=O)C(C)(C)S(=O)(=O)CC2CCOCC2)no1. The van der Waals surface area contributed by atoms with Gasteiger partial charge in [0.2, 0.25) is 55.4 Å². The highest BCUT2D eigenvalue weighted by Gasteiger charge is 2.53. The number of piperidine rings is 2. The molecule has 5 fully saturated rings. The standard InChI is InChI=1S/C20H35N3O8S2.C20H33NO7S.C19H33N3O8S2.C19H31NO6S.C17H28N2O7S/c1-19(2,14-30-12-11-29-5)16-13-17(31-22-16)21-18(24)20(3,4)33(27,28)15-7-9-23(10-8-15)32(6,25)26;1-19(2,14-27-10-7-22)17-11-16(28-21-17)12-18(23)20(3,4)29(24,25)13-15-5-8-26-9-6-15;1-18(2,13-29-11-10-23)15-12-16(30-21-15)20-17(24)19(3,4)32(27,28)14-6-8-22(9-7-14)31(5,25)26;1-13(21)18(2,3)17-11-15(20-26-17)10-16(22)19(4,5)27(23,24)12-14-6-8-25-9-7-14;1-16(2,25-10-7-20)13-11-14(26-19-13)18-15(21)17(3,4)27(22,23)12-5-8-24-9-6-12/h13,15H,7-12,14H2,1-6H3,(H,21,24);11,15,22H,5-10,12-14H2,1-4H3;12,14,23H,6-11,13H2,1-5H3,(H,20,24);11,13-14,21H,6-10,12H2,1-5H3;11-12,20H,5-10H2,1-4H3,(H,18,21)/t;;;13-;/m...0./s1. The molecule has 7 N–H and O–H groups in total. The number of nitrogens with zero attached hydrogens (tertiary/aromatic N) is 7. The summed E-state index contributed by atoms with van der Waals surface area (Å²) in [5, 5.41) is 61.4. The number of methoxy groups -OCH3 is 1. The second kappa shape index (κ2) is 53.4. The molecule has 0 saturated carbocycles. The normalized spacial score (nSPS) is 17.4. The van der Waals surface area contributed by atoms with E-state index in [1.54, 1.807) is 46.1 Å². The molecule has 0 radical (unpaired) electrons. The fraction of sp³-hybridized carbons (Fsp3) is 0.789. The van der Waals surface area contributed by atoms with Gasteiger partial charge in [0.25, 0.3) is 0 Å². The summed E-state index contributed by atoms with van der Waals surface area (Å²) in [4.78, 5) is 64.1. The molecule has 5 aromatic heterocycles. The first-order valence-corrected chi connectivity index (χ1v) is 60.8. The number of hydrogen-bond acceptors (Lipinski definition) is 41. The number of rotatable bonds is 48. The highest BCUT2D eigenvalue weighted by molar-refractivity contribution is 7.95. The Balaban J connectivity index is 0.000000283. The van der Waals surface area contributed by atoms with E-state index in [0.717, 1.165) is 12.5 Å². The highest BCUT2D eigenvalue weighted by atomic mass is 32.2. The van der Waals surface area contributed by atoms with Crippen LogP contribution in [0.25, 0.3) is 0 Å². The van der Waals surface area contributed by atoms with Crippen LogP contribution in [0.2, 0.25) is 0 Å². The number of nitrogens with one attached hydrogen (secondary N) is 3. The van der Waals surface area contributed by atoms with Gasteiger partial charge in [-0.25, -0.2) is 67.5 Å². The third-order valence-electron chi connectivity index (χ3n) is 27.7. The minimum atomic E-state index is -3.93. The minimum Gasteiger partial charge on any atom is -0.394 e. The number of sulfone groups is 5. The van der Waals surface area contributed by atoms with Crippen molar-refractivity contribution in [3.8, 4) is 0 Å².